The van der Waals surface area contributed by atoms with Crippen LogP contribution in [0.25, 0.3) is 0 Å². The Bertz CT molecular complexity index is 1680. The molecule has 0 aliphatic rings. The molecular formula is C29H42N4O12P4S. The lowest BCUT2D eigenvalue weighted by Gasteiger charge is -2.29. The summed E-state index contributed by atoms with van der Waals surface area (Å²) in [7, 11) is -10.5. The second kappa shape index (κ2) is 19.4. The van der Waals surface area contributed by atoms with Gasteiger partial charge in [0.25, 0.3) is 0 Å². The Labute approximate surface area is 296 Å². The van der Waals surface area contributed by atoms with Crippen molar-refractivity contribution in [3.63, 3.8) is 0 Å². The average molecular weight is 795 g/mol. The van der Waals surface area contributed by atoms with Gasteiger partial charge in [-0.05, 0) is 84.6 Å². The Kier molecular flexibility index (Phi) is 16.3. The van der Waals surface area contributed by atoms with E-state index in [0.29, 0.717) is 42.1 Å². The number of aromatic hydroxyl groups is 1. The minimum Gasteiger partial charge on any atom is -0.508 e. The molecule has 0 amide bonds. The fourth-order valence-electron chi connectivity index (χ4n) is 4.35. The van der Waals surface area contributed by atoms with Gasteiger partial charge in [0, 0.05) is 31.9 Å². The molecule has 0 spiro atoms. The highest BCUT2D eigenvalue weighted by Gasteiger charge is 2.29. The van der Waals surface area contributed by atoms with E-state index in [1.807, 2.05) is 24.0 Å². The highest BCUT2D eigenvalue weighted by atomic mass is 32.5. The van der Waals surface area contributed by atoms with E-state index in [9.17, 15) is 38.4 Å². The number of hydrazone groups is 1. The SMILES string of the molecule is CCN(CCc1ccc(OP(=S)(Oc2ccc(CCN(CP(=O)(O)O)CP(=O)(O)O)cc2)N(C)/N=C/c2ccc(O)cc2)cc1)CO[PH](=O)O. The monoisotopic (exact) mass is 794 g/mol. The molecule has 0 fully saturated rings. The average Bonchev–Trinajstić information content (AvgIpc) is 3.03. The van der Waals surface area contributed by atoms with Crippen LogP contribution in [0.4, 0.5) is 0 Å². The van der Waals surface area contributed by atoms with Crippen molar-refractivity contribution in [1.29, 1.82) is 0 Å². The molecule has 0 saturated heterocycles. The van der Waals surface area contributed by atoms with Crippen LogP contribution in [0.15, 0.2) is 77.9 Å². The van der Waals surface area contributed by atoms with Gasteiger partial charge < -0.3 is 38.6 Å². The van der Waals surface area contributed by atoms with Crippen molar-refractivity contribution in [1.82, 2.24) is 14.6 Å². The highest BCUT2D eigenvalue weighted by Crippen LogP contribution is 2.51. The first-order chi connectivity index (χ1) is 23.4. The third kappa shape index (κ3) is 15.8. The summed E-state index contributed by atoms with van der Waals surface area (Å²) < 4.78 is 52.7. The third-order valence-corrected chi connectivity index (χ3v) is 11.7. The molecule has 0 bridgehead atoms. The summed E-state index contributed by atoms with van der Waals surface area (Å²) in [5.74, 6) is 0.869. The maximum atomic E-state index is 11.5. The summed E-state index contributed by atoms with van der Waals surface area (Å²) in [6.07, 6.45) is 0.834. The number of likely N-dealkylation sites (N-methyl/N-ethyl adjacent to an activating group) is 1. The molecule has 2 atom stereocenters. The Morgan fingerprint density at radius 3 is 1.68 bits per heavy atom. The molecule has 3 aromatic carbocycles. The second-order valence-electron chi connectivity index (χ2n) is 11.0. The highest BCUT2D eigenvalue weighted by molar-refractivity contribution is 8.09. The van der Waals surface area contributed by atoms with E-state index >= 15 is 0 Å². The fraction of sp³-hybridized carbons (Fsp3) is 0.345. The van der Waals surface area contributed by atoms with Crippen molar-refractivity contribution < 1.29 is 56.8 Å². The predicted molar refractivity (Wildman–Crippen MR) is 194 cm³/mol. The second-order valence-corrected chi connectivity index (χ2v) is 18.3. The van der Waals surface area contributed by atoms with Crippen LogP contribution in [0.5, 0.6) is 17.2 Å². The first kappa shape index (κ1) is 42.0. The standard InChI is InChI=1S/C29H42N4O12P4S/c1-3-32(21-43-46(35)36)18-16-24-6-12-28(13-7-24)44-49(50,31(2)30-20-26-4-10-27(34)11-5-26)45-29-14-8-25(9-15-29)17-19-33(22-47(37,38)39)23-48(40,41)42/h4-15,20,34,46H,3,16-19,21-23H2,1-2H3,(H,35,36)(H2,37,38,39)(H2,40,41,42)/b30-20+. The van der Waals surface area contributed by atoms with Gasteiger partial charge in [-0.2, -0.15) is 5.10 Å². The van der Waals surface area contributed by atoms with Crippen LogP contribution in [-0.4, -0.2) is 96.4 Å². The molecule has 6 N–H and O–H groups in total. The minimum absolute atomic E-state index is 0.0170. The zero-order valence-corrected chi connectivity index (χ0v) is 31.8. The van der Waals surface area contributed by atoms with Gasteiger partial charge in [0.1, 0.15) is 36.6 Å². The molecule has 3 rings (SSSR count). The van der Waals surface area contributed by atoms with Crippen molar-refractivity contribution in [3.05, 3.63) is 89.5 Å². The minimum atomic E-state index is -4.55. The molecule has 50 heavy (non-hydrogen) atoms. The smallest absolute Gasteiger partial charge is 0.410 e. The van der Waals surface area contributed by atoms with Crippen molar-refractivity contribution in [2.75, 3.05) is 46.0 Å². The fourth-order valence-corrected chi connectivity index (χ4v) is 8.20. The van der Waals surface area contributed by atoms with Crippen LogP contribution in [-0.2, 0) is 42.9 Å². The molecule has 16 nitrogen and oxygen atoms in total. The van der Waals surface area contributed by atoms with Gasteiger partial charge in [0.05, 0.1) is 6.21 Å². The Balaban J connectivity index is 1.76. The molecule has 21 heteroatoms. The Morgan fingerprint density at radius 1 is 0.800 bits per heavy atom. The van der Waals surface area contributed by atoms with Gasteiger partial charge >= 0.3 is 30.1 Å². The van der Waals surface area contributed by atoms with Crippen molar-refractivity contribution in [3.8, 4) is 17.2 Å². The lowest BCUT2D eigenvalue weighted by atomic mass is 10.1. The van der Waals surface area contributed by atoms with Crippen LogP contribution in [0, 0.1) is 0 Å². The van der Waals surface area contributed by atoms with E-state index in [1.165, 1.54) is 23.1 Å². The number of phenolic OH excluding ortho intramolecular Hbond substituents is 1. The summed E-state index contributed by atoms with van der Waals surface area (Å²) in [6, 6.07) is 20.3. The van der Waals surface area contributed by atoms with Gasteiger partial charge in [-0.1, -0.05) is 31.2 Å². The number of phenols is 1. The largest absolute Gasteiger partial charge is 0.508 e. The van der Waals surface area contributed by atoms with Gasteiger partial charge in [-0.3, -0.25) is 28.0 Å². The van der Waals surface area contributed by atoms with Crippen LogP contribution in [0.3, 0.4) is 0 Å². The summed E-state index contributed by atoms with van der Waals surface area (Å²) in [4.78, 5) is 49.2. The zero-order valence-electron chi connectivity index (χ0n) is 27.3. The molecule has 0 radical (unpaired) electrons. The lowest BCUT2D eigenvalue weighted by molar-refractivity contribution is 0.128. The van der Waals surface area contributed by atoms with E-state index in [4.69, 9.17) is 30.3 Å². The van der Waals surface area contributed by atoms with E-state index in [-0.39, 0.29) is 25.4 Å². The molecule has 2 unspecified atom stereocenters. The predicted octanol–water partition coefficient (Wildman–Crippen LogP) is 4.38. The molecule has 0 heterocycles. The van der Waals surface area contributed by atoms with Gasteiger partial charge in [-0.25, -0.2) is 4.78 Å². The van der Waals surface area contributed by atoms with Gasteiger partial charge in [-0.15, -0.1) is 0 Å². The van der Waals surface area contributed by atoms with Crippen LogP contribution in [0.2, 0.25) is 0 Å². The number of nitrogens with zero attached hydrogens (tertiary/aromatic N) is 4. The summed E-state index contributed by atoms with van der Waals surface area (Å²) >= 11 is 5.95. The first-order valence-electron chi connectivity index (χ1n) is 15.1. The normalized spacial score (nSPS) is 14.2. The molecule has 0 aliphatic carbocycles. The summed E-state index contributed by atoms with van der Waals surface area (Å²) in [5, 5.41) is 14.1. The van der Waals surface area contributed by atoms with E-state index in [0.717, 1.165) is 10.5 Å². The topological polar surface area (TPSA) is 222 Å². The number of hydrogen-bond donors (Lipinski definition) is 6. The van der Waals surface area contributed by atoms with E-state index in [1.54, 1.807) is 55.6 Å². The van der Waals surface area contributed by atoms with E-state index < -0.39 is 42.7 Å². The molecule has 0 aliphatic heterocycles. The lowest BCUT2D eigenvalue weighted by Crippen LogP contribution is -2.28. The van der Waals surface area contributed by atoms with Gasteiger partial charge in [0.2, 0.25) is 0 Å². The van der Waals surface area contributed by atoms with Crippen molar-refractivity contribution >= 4 is 48.1 Å². The molecule has 0 aromatic heterocycles. The van der Waals surface area contributed by atoms with Crippen LogP contribution in [0.1, 0.15) is 23.6 Å². The molecule has 0 saturated carbocycles. The zero-order chi connectivity index (χ0) is 37.0. The third-order valence-electron chi connectivity index (χ3n) is 6.93. The molecule has 276 valence electrons. The van der Waals surface area contributed by atoms with Crippen molar-refractivity contribution in [2.24, 2.45) is 5.10 Å². The Morgan fingerprint density at radius 2 is 1.26 bits per heavy atom. The van der Waals surface area contributed by atoms with Crippen LogP contribution >= 0.6 is 30.1 Å². The van der Waals surface area contributed by atoms with Crippen LogP contribution < -0.4 is 9.05 Å². The Hall–Kier alpha value is -2.45. The van der Waals surface area contributed by atoms with Gasteiger partial charge in [0.15, 0.2) is 0 Å². The number of benzene rings is 3. The van der Waals surface area contributed by atoms with E-state index in [2.05, 4.69) is 5.10 Å². The molecule has 3 aromatic rings. The summed E-state index contributed by atoms with van der Waals surface area (Å²) in [5.41, 5.74) is 2.38. The maximum Gasteiger partial charge on any atom is 0.410 e. The number of rotatable bonds is 21. The number of hydrogen-bond acceptors (Lipinski definition) is 11. The maximum absolute atomic E-state index is 11.5. The first-order valence-corrected chi connectivity index (χ1v) is 22.5. The van der Waals surface area contributed by atoms with Crippen molar-refractivity contribution in [2.45, 2.75) is 19.8 Å². The summed E-state index contributed by atoms with van der Waals surface area (Å²) in [6.45, 7) is -0.201. The quantitative estimate of drug-likeness (QED) is 0.0381. The molecular weight excluding hydrogens is 752 g/mol.